The molecule has 0 aromatic heterocycles. The summed E-state index contributed by atoms with van der Waals surface area (Å²) in [6.07, 6.45) is 1.97. The van der Waals surface area contributed by atoms with Gasteiger partial charge in [-0.15, -0.1) is 0 Å². The smallest absolute Gasteiger partial charge is 0.308 e. The van der Waals surface area contributed by atoms with Crippen LogP contribution in [0.15, 0.2) is 0 Å². The van der Waals surface area contributed by atoms with Gasteiger partial charge in [-0.05, 0) is 19.8 Å². The van der Waals surface area contributed by atoms with Crippen LogP contribution in [-0.2, 0) is 23.8 Å². The van der Waals surface area contributed by atoms with E-state index in [1.807, 2.05) is 0 Å². The van der Waals surface area contributed by atoms with Crippen molar-refractivity contribution in [2.45, 2.75) is 32.6 Å². The maximum atomic E-state index is 10.9. The fourth-order valence-electron chi connectivity index (χ4n) is 1.16. The fourth-order valence-corrected chi connectivity index (χ4v) is 1.16. The second kappa shape index (κ2) is 12.3. The highest BCUT2D eigenvalue weighted by Gasteiger charge is 2.00. The number of carbonyl (C=O) groups excluding carboxylic acids is 1. The molecule has 6 nitrogen and oxygen atoms in total. The Morgan fingerprint density at radius 2 is 1.50 bits per heavy atom. The number of esters is 1. The van der Waals surface area contributed by atoms with Crippen molar-refractivity contribution in [3.63, 3.8) is 0 Å². The number of carboxylic acids is 1. The van der Waals surface area contributed by atoms with Gasteiger partial charge in [0.25, 0.3) is 0 Å². The fraction of sp³-hybridized carbons (Fsp3) is 0.833. The Morgan fingerprint density at radius 1 is 0.944 bits per heavy atom. The van der Waals surface area contributed by atoms with Crippen LogP contribution < -0.4 is 0 Å². The normalized spacial score (nSPS) is 10.3. The van der Waals surface area contributed by atoms with Crippen LogP contribution in [-0.4, -0.2) is 50.1 Å². The average Bonchev–Trinajstić information content (AvgIpc) is 2.31. The molecule has 0 aliphatic carbocycles. The molecule has 0 heterocycles. The Kier molecular flexibility index (Phi) is 11.5. The summed E-state index contributed by atoms with van der Waals surface area (Å²) in [6.45, 7) is 3.89. The molecule has 0 atom stereocenters. The number of hydrogen-bond acceptors (Lipinski definition) is 5. The number of unbranched alkanes of at least 4 members (excludes halogenated alkanes) is 1. The quantitative estimate of drug-likeness (QED) is 0.421. The zero-order valence-corrected chi connectivity index (χ0v) is 10.9. The van der Waals surface area contributed by atoms with Gasteiger partial charge in [0.1, 0.15) is 0 Å². The van der Waals surface area contributed by atoms with Crippen LogP contribution in [0.3, 0.4) is 0 Å². The average molecular weight is 262 g/mol. The highest BCUT2D eigenvalue weighted by atomic mass is 16.5. The molecule has 0 rings (SSSR count). The molecule has 0 aromatic carbocycles. The van der Waals surface area contributed by atoms with Crippen LogP contribution >= 0.6 is 0 Å². The molecule has 0 fully saturated rings. The number of hydrogen-bond donors (Lipinski definition) is 1. The van der Waals surface area contributed by atoms with Crippen molar-refractivity contribution in [2.24, 2.45) is 0 Å². The predicted octanol–water partition coefficient (Wildman–Crippen LogP) is 1.23. The summed E-state index contributed by atoms with van der Waals surface area (Å²) in [5, 5.41) is 8.36. The van der Waals surface area contributed by atoms with Crippen LogP contribution in [0.25, 0.3) is 0 Å². The number of aliphatic carboxylic acids is 1. The van der Waals surface area contributed by atoms with Gasteiger partial charge in [0, 0.05) is 13.2 Å². The summed E-state index contributed by atoms with van der Waals surface area (Å²) in [7, 11) is 0. The Morgan fingerprint density at radius 3 is 2.00 bits per heavy atom. The lowest BCUT2D eigenvalue weighted by atomic mass is 10.3. The van der Waals surface area contributed by atoms with Gasteiger partial charge in [0.05, 0.1) is 32.7 Å². The molecule has 0 radical (unpaired) electrons. The van der Waals surface area contributed by atoms with Crippen molar-refractivity contribution in [1.29, 1.82) is 0 Å². The number of ether oxygens (including phenoxy) is 3. The third kappa shape index (κ3) is 12.9. The Balaban J connectivity index is 3.07. The molecule has 106 valence electrons. The van der Waals surface area contributed by atoms with Crippen LogP contribution in [0.2, 0.25) is 0 Å². The van der Waals surface area contributed by atoms with Crippen molar-refractivity contribution >= 4 is 11.9 Å². The molecular formula is C12H22O6. The maximum Gasteiger partial charge on any atom is 0.308 e. The Bertz CT molecular complexity index is 229. The van der Waals surface area contributed by atoms with E-state index in [0.717, 1.165) is 12.8 Å². The van der Waals surface area contributed by atoms with Gasteiger partial charge in [0.15, 0.2) is 0 Å². The SMILES string of the molecule is CCOC(=O)CCOCCCCOCCC(=O)O. The first-order valence-electron chi connectivity index (χ1n) is 6.19. The van der Waals surface area contributed by atoms with E-state index < -0.39 is 5.97 Å². The van der Waals surface area contributed by atoms with Gasteiger partial charge >= 0.3 is 11.9 Å². The van der Waals surface area contributed by atoms with Gasteiger partial charge in [-0.2, -0.15) is 0 Å². The van der Waals surface area contributed by atoms with E-state index in [4.69, 9.17) is 19.3 Å². The molecule has 0 aromatic rings. The van der Waals surface area contributed by atoms with E-state index in [1.165, 1.54) is 0 Å². The van der Waals surface area contributed by atoms with E-state index in [-0.39, 0.29) is 25.4 Å². The second-order valence-electron chi connectivity index (χ2n) is 3.63. The largest absolute Gasteiger partial charge is 0.481 e. The zero-order valence-electron chi connectivity index (χ0n) is 10.9. The van der Waals surface area contributed by atoms with E-state index >= 15 is 0 Å². The molecule has 0 saturated heterocycles. The zero-order chi connectivity index (χ0) is 13.6. The summed E-state index contributed by atoms with van der Waals surface area (Å²) >= 11 is 0. The van der Waals surface area contributed by atoms with Crippen molar-refractivity contribution < 1.29 is 28.9 Å². The molecule has 1 N–H and O–H groups in total. The summed E-state index contributed by atoms with van der Waals surface area (Å²) in [6, 6.07) is 0. The van der Waals surface area contributed by atoms with Gasteiger partial charge < -0.3 is 19.3 Å². The molecule has 0 saturated carbocycles. The van der Waals surface area contributed by atoms with Crippen molar-refractivity contribution in [1.82, 2.24) is 0 Å². The Labute approximate surface area is 107 Å². The first kappa shape index (κ1) is 16.9. The third-order valence-electron chi connectivity index (χ3n) is 2.04. The first-order chi connectivity index (χ1) is 8.66. The standard InChI is InChI=1S/C12H22O6/c1-2-18-12(15)6-10-17-8-4-3-7-16-9-5-11(13)14/h2-10H2,1H3,(H,13,14). The van der Waals surface area contributed by atoms with Crippen LogP contribution in [0.4, 0.5) is 0 Å². The number of carbonyl (C=O) groups is 2. The minimum absolute atomic E-state index is 0.0377. The van der Waals surface area contributed by atoms with E-state index in [2.05, 4.69) is 0 Å². The van der Waals surface area contributed by atoms with Gasteiger partial charge in [-0.25, -0.2) is 0 Å². The van der Waals surface area contributed by atoms with Crippen LogP contribution in [0, 0.1) is 0 Å². The summed E-state index contributed by atoms with van der Waals surface area (Å²) in [4.78, 5) is 21.1. The molecule has 0 spiro atoms. The van der Waals surface area contributed by atoms with Crippen LogP contribution in [0.1, 0.15) is 32.6 Å². The van der Waals surface area contributed by atoms with Crippen molar-refractivity contribution in [3.05, 3.63) is 0 Å². The lowest BCUT2D eigenvalue weighted by Gasteiger charge is -2.05. The summed E-state index contributed by atoms with van der Waals surface area (Å²) in [5.41, 5.74) is 0. The molecule has 0 aliphatic heterocycles. The predicted molar refractivity (Wildman–Crippen MR) is 64.4 cm³/mol. The minimum atomic E-state index is -0.850. The monoisotopic (exact) mass is 262 g/mol. The van der Waals surface area contributed by atoms with E-state index in [9.17, 15) is 9.59 Å². The summed E-state index contributed by atoms with van der Waals surface area (Å²) < 4.78 is 15.1. The second-order valence-corrected chi connectivity index (χ2v) is 3.63. The van der Waals surface area contributed by atoms with Crippen molar-refractivity contribution in [3.8, 4) is 0 Å². The molecule has 18 heavy (non-hydrogen) atoms. The topological polar surface area (TPSA) is 82.1 Å². The highest BCUT2D eigenvalue weighted by Crippen LogP contribution is 1.94. The van der Waals surface area contributed by atoms with Crippen molar-refractivity contribution in [2.75, 3.05) is 33.0 Å². The molecule has 0 bridgehead atoms. The maximum absolute atomic E-state index is 10.9. The molecule has 6 heteroatoms. The van der Waals surface area contributed by atoms with Gasteiger partial charge in [0.2, 0.25) is 0 Å². The first-order valence-corrected chi connectivity index (χ1v) is 6.19. The number of carboxylic acid groups (broad SMARTS) is 1. The molecule has 0 aliphatic rings. The van der Waals surface area contributed by atoms with Gasteiger partial charge in [-0.3, -0.25) is 9.59 Å². The lowest BCUT2D eigenvalue weighted by Crippen LogP contribution is -2.09. The summed E-state index contributed by atoms with van der Waals surface area (Å²) in [5.74, 6) is -1.09. The lowest BCUT2D eigenvalue weighted by molar-refractivity contribution is -0.144. The third-order valence-corrected chi connectivity index (χ3v) is 2.04. The van der Waals surface area contributed by atoms with E-state index in [0.29, 0.717) is 26.4 Å². The highest BCUT2D eigenvalue weighted by molar-refractivity contribution is 5.69. The molecule has 0 unspecified atom stereocenters. The minimum Gasteiger partial charge on any atom is -0.481 e. The van der Waals surface area contributed by atoms with Crippen LogP contribution in [0.5, 0.6) is 0 Å². The van der Waals surface area contributed by atoms with E-state index in [1.54, 1.807) is 6.92 Å². The Hall–Kier alpha value is -1.14. The molecular weight excluding hydrogens is 240 g/mol. The molecule has 0 amide bonds. The number of rotatable bonds is 12. The van der Waals surface area contributed by atoms with Gasteiger partial charge in [-0.1, -0.05) is 0 Å².